The summed E-state index contributed by atoms with van der Waals surface area (Å²) in [5.41, 5.74) is 1.06. The van der Waals surface area contributed by atoms with Crippen LogP contribution in [0.5, 0.6) is 5.75 Å². The molecule has 0 heterocycles. The summed E-state index contributed by atoms with van der Waals surface area (Å²) in [5, 5.41) is 9.70. The van der Waals surface area contributed by atoms with Gasteiger partial charge in [-0.15, -0.1) is 24.0 Å². The Kier molecular flexibility index (Phi) is 11.3. The molecule has 1 aromatic carbocycles. The lowest BCUT2D eigenvalue weighted by Gasteiger charge is -2.13. The van der Waals surface area contributed by atoms with Crippen LogP contribution in [0.1, 0.15) is 63.9 Å². The van der Waals surface area contributed by atoms with Crippen LogP contribution in [0.15, 0.2) is 29.3 Å². The quantitative estimate of drug-likeness (QED) is 0.176. The van der Waals surface area contributed by atoms with Crippen molar-refractivity contribution in [3.63, 3.8) is 0 Å². The molecular weight excluding hydrogens is 491 g/mol. The zero-order chi connectivity index (χ0) is 20.3. The minimum atomic E-state index is -0.0489. The van der Waals surface area contributed by atoms with Crippen molar-refractivity contribution in [1.82, 2.24) is 16.0 Å². The highest BCUT2D eigenvalue weighted by Gasteiger charge is 2.23. The lowest BCUT2D eigenvalue weighted by molar-refractivity contribution is -0.123. The fraction of sp³-hybridized carbons (Fsp3) is 0.652. The third-order valence-electron chi connectivity index (χ3n) is 5.53. The van der Waals surface area contributed by atoms with Crippen molar-refractivity contribution < 1.29 is 9.53 Å². The molecule has 0 radical (unpaired) electrons. The topological polar surface area (TPSA) is 74.8 Å². The number of nitrogens with one attached hydrogen (secondary N) is 3. The number of amides is 1. The number of carbonyl (C=O) groups is 1. The number of rotatable bonds is 11. The lowest BCUT2D eigenvalue weighted by atomic mass is 10.0. The smallest absolute Gasteiger partial charge is 0.258 e. The van der Waals surface area contributed by atoms with Gasteiger partial charge in [0.25, 0.3) is 5.91 Å². The molecule has 1 amide bonds. The van der Waals surface area contributed by atoms with Crippen LogP contribution in [-0.4, -0.2) is 37.6 Å². The third kappa shape index (κ3) is 9.53. The van der Waals surface area contributed by atoms with Gasteiger partial charge in [0.2, 0.25) is 0 Å². The molecule has 2 aliphatic rings. The highest BCUT2D eigenvalue weighted by molar-refractivity contribution is 14.0. The van der Waals surface area contributed by atoms with Crippen LogP contribution in [0.2, 0.25) is 0 Å². The summed E-state index contributed by atoms with van der Waals surface area (Å²) in [6.07, 6.45) is 10.3. The Morgan fingerprint density at radius 3 is 2.70 bits per heavy atom. The van der Waals surface area contributed by atoms with Crippen molar-refractivity contribution in [3.8, 4) is 5.75 Å². The first-order valence-corrected chi connectivity index (χ1v) is 11.3. The van der Waals surface area contributed by atoms with Gasteiger partial charge in [0.05, 0.1) is 6.54 Å². The number of benzene rings is 1. The molecule has 3 N–H and O–H groups in total. The highest BCUT2D eigenvalue weighted by Crippen LogP contribution is 2.28. The van der Waals surface area contributed by atoms with Gasteiger partial charge in [-0.25, -0.2) is 4.99 Å². The van der Waals surface area contributed by atoms with Crippen LogP contribution in [0, 0.1) is 5.92 Å². The molecular formula is C23H37IN4O2. The number of ether oxygens (including phenoxy) is 1. The van der Waals surface area contributed by atoms with Crippen LogP contribution in [0.3, 0.4) is 0 Å². The van der Waals surface area contributed by atoms with E-state index in [9.17, 15) is 4.79 Å². The second-order valence-electron chi connectivity index (χ2n) is 8.19. The monoisotopic (exact) mass is 528 g/mol. The summed E-state index contributed by atoms with van der Waals surface area (Å²) in [5.74, 6) is 2.45. The average Bonchev–Trinajstić information content (AvgIpc) is 3.38. The van der Waals surface area contributed by atoms with Crippen LogP contribution in [0.4, 0.5) is 0 Å². The second-order valence-corrected chi connectivity index (χ2v) is 8.19. The largest absolute Gasteiger partial charge is 0.484 e. The van der Waals surface area contributed by atoms with E-state index in [-0.39, 0.29) is 36.5 Å². The molecule has 0 unspecified atom stereocenters. The highest BCUT2D eigenvalue weighted by atomic mass is 127. The first-order chi connectivity index (χ1) is 14.2. The molecule has 168 valence electrons. The summed E-state index contributed by atoms with van der Waals surface area (Å²) in [7, 11) is 0. The summed E-state index contributed by atoms with van der Waals surface area (Å²) in [6, 6.07) is 8.18. The Morgan fingerprint density at radius 1 is 1.17 bits per heavy atom. The minimum Gasteiger partial charge on any atom is -0.484 e. The summed E-state index contributed by atoms with van der Waals surface area (Å²) in [4.78, 5) is 16.5. The Morgan fingerprint density at radius 2 is 1.97 bits per heavy atom. The third-order valence-corrected chi connectivity index (χ3v) is 5.53. The zero-order valence-corrected chi connectivity index (χ0v) is 20.5. The van der Waals surface area contributed by atoms with E-state index >= 15 is 0 Å². The predicted octanol–water partition coefficient (Wildman–Crippen LogP) is 3.99. The van der Waals surface area contributed by atoms with Crippen molar-refractivity contribution in [2.24, 2.45) is 10.9 Å². The van der Waals surface area contributed by atoms with Crippen LogP contribution in [-0.2, 0) is 11.3 Å². The fourth-order valence-corrected chi connectivity index (χ4v) is 3.79. The molecule has 3 rings (SSSR count). The van der Waals surface area contributed by atoms with E-state index < -0.39 is 0 Å². The zero-order valence-electron chi connectivity index (χ0n) is 18.1. The molecule has 2 saturated carbocycles. The van der Waals surface area contributed by atoms with Crippen molar-refractivity contribution in [2.45, 2.75) is 70.9 Å². The molecule has 0 aliphatic heterocycles. The van der Waals surface area contributed by atoms with E-state index in [2.05, 4.69) is 22.9 Å². The van der Waals surface area contributed by atoms with E-state index in [0.29, 0.717) is 18.3 Å². The summed E-state index contributed by atoms with van der Waals surface area (Å²) >= 11 is 0. The number of carbonyl (C=O) groups excluding carboxylic acids is 1. The fourth-order valence-electron chi connectivity index (χ4n) is 3.79. The molecule has 1 aromatic rings. The van der Waals surface area contributed by atoms with Gasteiger partial charge < -0.3 is 20.7 Å². The van der Waals surface area contributed by atoms with E-state index in [4.69, 9.17) is 9.73 Å². The van der Waals surface area contributed by atoms with Crippen LogP contribution >= 0.6 is 24.0 Å². The second kappa shape index (κ2) is 13.7. The molecule has 7 heteroatoms. The number of nitrogens with zero attached hydrogens (tertiary/aromatic N) is 1. The van der Waals surface area contributed by atoms with Gasteiger partial charge in [-0.2, -0.15) is 0 Å². The molecule has 6 nitrogen and oxygen atoms in total. The van der Waals surface area contributed by atoms with Crippen LogP contribution < -0.4 is 20.7 Å². The predicted molar refractivity (Wildman–Crippen MR) is 133 cm³/mol. The Balaban J connectivity index is 0.00000320. The summed E-state index contributed by atoms with van der Waals surface area (Å²) < 4.78 is 5.63. The molecule has 2 fully saturated rings. The lowest BCUT2D eigenvalue weighted by Crippen LogP contribution is -2.37. The van der Waals surface area contributed by atoms with Crippen molar-refractivity contribution in [1.29, 1.82) is 0 Å². The van der Waals surface area contributed by atoms with Gasteiger partial charge in [0.15, 0.2) is 12.6 Å². The number of hydrogen-bond donors (Lipinski definition) is 3. The Hall–Kier alpha value is -1.51. The van der Waals surface area contributed by atoms with E-state index in [1.165, 1.54) is 38.5 Å². The maximum atomic E-state index is 11.8. The molecule has 30 heavy (non-hydrogen) atoms. The number of hydrogen-bond acceptors (Lipinski definition) is 3. The van der Waals surface area contributed by atoms with Gasteiger partial charge in [0, 0.05) is 19.1 Å². The molecule has 0 atom stereocenters. The van der Waals surface area contributed by atoms with Crippen molar-refractivity contribution in [3.05, 3.63) is 29.8 Å². The number of guanidine groups is 1. The van der Waals surface area contributed by atoms with E-state index in [1.807, 2.05) is 24.3 Å². The first kappa shape index (κ1) is 24.8. The normalized spacial score (nSPS) is 16.6. The Labute approximate surface area is 198 Å². The number of halogens is 1. The number of aliphatic imine (C=N–C) groups is 1. The maximum absolute atomic E-state index is 11.8. The van der Waals surface area contributed by atoms with Crippen molar-refractivity contribution in [2.75, 3.05) is 19.7 Å². The maximum Gasteiger partial charge on any atom is 0.258 e. The SMILES string of the molecule is CCNC(=NCc1cccc(OCC(=O)NC2CC2)c1)NCCCC1CCCC1.I. The molecule has 2 aliphatic carbocycles. The van der Waals surface area contributed by atoms with Gasteiger partial charge in [0.1, 0.15) is 5.75 Å². The van der Waals surface area contributed by atoms with Gasteiger partial charge in [-0.3, -0.25) is 4.79 Å². The van der Waals surface area contributed by atoms with Gasteiger partial charge in [-0.05, 0) is 56.2 Å². The molecule has 0 saturated heterocycles. The average molecular weight is 528 g/mol. The standard InChI is InChI=1S/C23H36N4O2.HI/c1-2-24-23(25-14-6-10-18-7-3-4-8-18)26-16-19-9-5-11-21(15-19)29-17-22(28)27-20-12-13-20;/h5,9,11,15,18,20H,2-4,6-8,10,12-14,16-17H2,1H3,(H,27,28)(H2,24,25,26);1H. The molecule has 0 bridgehead atoms. The van der Waals surface area contributed by atoms with Gasteiger partial charge in [-0.1, -0.05) is 37.8 Å². The summed E-state index contributed by atoms with van der Waals surface area (Å²) in [6.45, 7) is 4.52. The van der Waals surface area contributed by atoms with E-state index in [0.717, 1.165) is 43.4 Å². The Bertz CT molecular complexity index is 673. The van der Waals surface area contributed by atoms with E-state index in [1.54, 1.807) is 0 Å². The minimum absolute atomic E-state index is 0. The van der Waals surface area contributed by atoms with Crippen LogP contribution in [0.25, 0.3) is 0 Å². The first-order valence-electron chi connectivity index (χ1n) is 11.3. The van der Waals surface area contributed by atoms with Gasteiger partial charge >= 0.3 is 0 Å². The molecule has 0 aromatic heterocycles. The molecule has 0 spiro atoms. The van der Waals surface area contributed by atoms with Crippen molar-refractivity contribution >= 4 is 35.8 Å².